The lowest BCUT2D eigenvalue weighted by Gasteiger charge is -2.22. The SMILES string of the molecule is CC(NC(=O)OC(C)(C)C)c1ccnc(Br)c1. The summed E-state index contributed by atoms with van der Waals surface area (Å²) in [5, 5.41) is 2.77. The summed E-state index contributed by atoms with van der Waals surface area (Å²) in [6, 6.07) is 3.60. The standard InChI is InChI=1S/C12H17BrN2O2/c1-8(9-5-6-14-10(13)7-9)15-11(16)17-12(2,3)4/h5-8H,1-4H3,(H,15,16). The first kappa shape index (κ1) is 14.0. The summed E-state index contributed by atoms with van der Waals surface area (Å²) in [6.45, 7) is 7.40. The highest BCUT2D eigenvalue weighted by molar-refractivity contribution is 9.10. The van der Waals surface area contributed by atoms with Crippen molar-refractivity contribution >= 4 is 22.0 Å². The van der Waals surface area contributed by atoms with Crippen LogP contribution in [0, 0.1) is 0 Å². The van der Waals surface area contributed by atoms with Crippen LogP contribution < -0.4 is 5.32 Å². The van der Waals surface area contributed by atoms with E-state index < -0.39 is 11.7 Å². The number of carbonyl (C=O) groups excluding carboxylic acids is 1. The van der Waals surface area contributed by atoms with Gasteiger partial charge in [-0.2, -0.15) is 0 Å². The van der Waals surface area contributed by atoms with Crippen LogP contribution in [0.15, 0.2) is 22.9 Å². The number of amides is 1. The van der Waals surface area contributed by atoms with Gasteiger partial charge in [-0.3, -0.25) is 0 Å². The van der Waals surface area contributed by atoms with Gasteiger partial charge in [0.1, 0.15) is 10.2 Å². The largest absolute Gasteiger partial charge is 0.444 e. The molecule has 0 saturated heterocycles. The van der Waals surface area contributed by atoms with Gasteiger partial charge in [0, 0.05) is 6.20 Å². The summed E-state index contributed by atoms with van der Waals surface area (Å²) in [6.07, 6.45) is 1.27. The van der Waals surface area contributed by atoms with Gasteiger partial charge >= 0.3 is 6.09 Å². The van der Waals surface area contributed by atoms with Gasteiger partial charge in [0.05, 0.1) is 6.04 Å². The Hall–Kier alpha value is -1.10. The number of hydrogen-bond acceptors (Lipinski definition) is 3. The first-order valence-corrected chi connectivity index (χ1v) is 6.18. The fourth-order valence-corrected chi connectivity index (χ4v) is 1.64. The molecular weight excluding hydrogens is 284 g/mol. The number of aromatic nitrogens is 1. The summed E-state index contributed by atoms with van der Waals surface area (Å²) in [4.78, 5) is 15.6. The van der Waals surface area contributed by atoms with Crippen molar-refractivity contribution < 1.29 is 9.53 Å². The Morgan fingerprint density at radius 2 is 2.18 bits per heavy atom. The quantitative estimate of drug-likeness (QED) is 0.851. The first-order chi connectivity index (χ1) is 7.78. The van der Waals surface area contributed by atoms with Crippen LogP contribution in [-0.2, 0) is 4.74 Å². The molecule has 0 aliphatic heterocycles. The molecule has 1 amide bonds. The molecule has 0 aromatic carbocycles. The molecule has 1 N–H and O–H groups in total. The molecule has 1 aromatic rings. The molecule has 17 heavy (non-hydrogen) atoms. The second-order valence-corrected chi connectivity index (χ2v) is 5.59. The normalized spacial score (nSPS) is 13.0. The van der Waals surface area contributed by atoms with Gasteiger partial charge < -0.3 is 10.1 Å². The molecule has 0 aliphatic carbocycles. The summed E-state index contributed by atoms with van der Waals surface area (Å²) < 4.78 is 5.93. The average molecular weight is 301 g/mol. The van der Waals surface area contributed by atoms with Crippen LogP contribution in [-0.4, -0.2) is 16.7 Å². The Kier molecular flexibility index (Phi) is 4.51. The van der Waals surface area contributed by atoms with Crippen molar-refractivity contribution in [2.45, 2.75) is 39.3 Å². The van der Waals surface area contributed by atoms with Gasteiger partial charge in [-0.15, -0.1) is 0 Å². The molecule has 1 atom stereocenters. The van der Waals surface area contributed by atoms with Gasteiger partial charge in [0.15, 0.2) is 0 Å². The topological polar surface area (TPSA) is 51.2 Å². The molecule has 0 fully saturated rings. The number of halogens is 1. The zero-order chi connectivity index (χ0) is 13.1. The number of hydrogen-bond donors (Lipinski definition) is 1. The zero-order valence-electron chi connectivity index (χ0n) is 10.5. The number of pyridine rings is 1. The van der Waals surface area contributed by atoms with Crippen LogP contribution in [0.4, 0.5) is 4.79 Å². The van der Waals surface area contributed by atoms with Crippen molar-refractivity contribution in [1.82, 2.24) is 10.3 Å². The first-order valence-electron chi connectivity index (χ1n) is 5.39. The molecule has 1 aromatic heterocycles. The Bertz CT molecular complexity index is 402. The summed E-state index contributed by atoms with van der Waals surface area (Å²) in [5.74, 6) is 0. The number of nitrogens with one attached hydrogen (secondary N) is 1. The second kappa shape index (κ2) is 5.49. The van der Waals surface area contributed by atoms with Gasteiger partial charge in [-0.05, 0) is 61.3 Å². The molecule has 4 nitrogen and oxygen atoms in total. The van der Waals surface area contributed by atoms with Crippen LogP contribution in [0.5, 0.6) is 0 Å². The van der Waals surface area contributed by atoms with Crippen molar-refractivity contribution in [3.05, 3.63) is 28.5 Å². The number of nitrogens with zero attached hydrogens (tertiary/aromatic N) is 1. The third-order valence-corrected chi connectivity index (χ3v) is 2.42. The maximum absolute atomic E-state index is 11.6. The monoisotopic (exact) mass is 300 g/mol. The number of alkyl carbamates (subject to hydrolysis) is 1. The van der Waals surface area contributed by atoms with E-state index in [9.17, 15) is 4.79 Å². The minimum Gasteiger partial charge on any atom is -0.444 e. The van der Waals surface area contributed by atoms with E-state index in [2.05, 4.69) is 26.2 Å². The van der Waals surface area contributed by atoms with Gasteiger partial charge in [-0.1, -0.05) is 0 Å². The van der Waals surface area contributed by atoms with Crippen LogP contribution in [0.1, 0.15) is 39.3 Å². The summed E-state index contributed by atoms with van der Waals surface area (Å²) >= 11 is 3.29. The fraction of sp³-hybridized carbons (Fsp3) is 0.500. The van der Waals surface area contributed by atoms with E-state index in [1.807, 2.05) is 39.8 Å². The van der Waals surface area contributed by atoms with E-state index in [1.165, 1.54) is 0 Å². The summed E-state index contributed by atoms with van der Waals surface area (Å²) in [5.41, 5.74) is 0.487. The van der Waals surface area contributed by atoms with Gasteiger partial charge in [-0.25, -0.2) is 9.78 Å². The van der Waals surface area contributed by atoms with E-state index in [0.717, 1.165) is 10.2 Å². The Labute approximate surface area is 110 Å². The van der Waals surface area contributed by atoms with Crippen molar-refractivity contribution in [2.24, 2.45) is 0 Å². The molecular formula is C12H17BrN2O2. The van der Waals surface area contributed by atoms with Crippen molar-refractivity contribution in [3.63, 3.8) is 0 Å². The van der Waals surface area contributed by atoms with E-state index in [1.54, 1.807) is 6.20 Å². The van der Waals surface area contributed by atoms with Gasteiger partial charge in [0.25, 0.3) is 0 Å². The molecule has 94 valence electrons. The Morgan fingerprint density at radius 3 is 2.71 bits per heavy atom. The number of carbonyl (C=O) groups is 1. The maximum atomic E-state index is 11.6. The van der Waals surface area contributed by atoms with Gasteiger partial charge in [0.2, 0.25) is 0 Å². The molecule has 1 rings (SSSR count). The van der Waals surface area contributed by atoms with E-state index in [-0.39, 0.29) is 6.04 Å². The molecule has 0 aliphatic rings. The fourth-order valence-electron chi connectivity index (χ4n) is 1.25. The highest BCUT2D eigenvalue weighted by Gasteiger charge is 2.18. The highest BCUT2D eigenvalue weighted by Crippen LogP contribution is 2.16. The van der Waals surface area contributed by atoms with Crippen LogP contribution in [0.25, 0.3) is 0 Å². The molecule has 0 saturated carbocycles. The predicted octanol–water partition coefficient (Wildman–Crippen LogP) is 3.43. The predicted molar refractivity (Wildman–Crippen MR) is 69.7 cm³/mol. The van der Waals surface area contributed by atoms with Crippen LogP contribution >= 0.6 is 15.9 Å². The lowest BCUT2D eigenvalue weighted by Crippen LogP contribution is -2.34. The maximum Gasteiger partial charge on any atom is 0.408 e. The third-order valence-electron chi connectivity index (χ3n) is 1.98. The van der Waals surface area contributed by atoms with Crippen molar-refractivity contribution in [1.29, 1.82) is 0 Å². The lowest BCUT2D eigenvalue weighted by molar-refractivity contribution is 0.0508. The minimum atomic E-state index is -0.484. The van der Waals surface area contributed by atoms with E-state index in [0.29, 0.717) is 0 Å². The molecule has 5 heteroatoms. The number of rotatable bonds is 2. The summed E-state index contributed by atoms with van der Waals surface area (Å²) in [7, 11) is 0. The molecule has 1 unspecified atom stereocenters. The molecule has 1 heterocycles. The molecule has 0 bridgehead atoms. The molecule has 0 radical (unpaired) electrons. The van der Waals surface area contributed by atoms with E-state index in [4.69, 9.17) is 4.74 Å². The third kappa shape index (κ3) is 5.17. The smallest absolute Gasteiger partial charge is 0.408 e. The second-order valence-electron chi connectivity index (χ2n) is 4.78. The minimum absolute atomic E-state index is 0.121. The molecule has 0 spiro atoms. The van der Waals surface area contributed by atoms with E-state index >= 15 is 0 Å². The average Bonchev–Trinajstić information content (AvgIpc) is 2.14. The Morgan fingerprint density at radius 1 is 1.53 bits per heavy atom. The van der Waals surface area contributed by atoms with Crippen molar-refractivity contribution in [3.8, 4) is 0 Å². The van der Waals surface area contributed by atoms with Crippen molar-refractivity contribution in [2.75, 3.05) is 0 Å². The number of ether oxygens (including phenoxy) is 1. The zero-order valence-corrected chi connectivity index (χ0v) is 12.0. The lowest BCUT2D eigenvalue weighted by atomic mass is 10.1. The van der Waals surface area contributed by atoms with Crippen LogP contribution in [0.3, 0.4) is 0 Å². The highest BCUT2D eigenvalue weighted by atomic mass is 79.9. The van der Waals surface area contributed by atoms with Crippen LogP contribution in [0.2, 0.25) is 0 Å². The Balaban J connectivity index is 2.61.